The summed E-state index contributed by atoms with van der Waals surface area (Å²) in [6.45, 7) is 4.14. The third kappa shape index (κ3) is 3.73. The molecule has 5 heteroatoms. The summed E-state index contributed by atoms with van der Waals surface area (Å²) in [6.07, 6.45) is 0. The van der Waals surface area contributed by atoms with Gasteiger partial charge in [-0.3, -0.25) is 0 Å². The van der Waals surface area contributed by atoms with Gasteiger partial charge in [-0.05, 0) is 72.6 Å². The minimum absolute atomic E-state index is 0.180. The molecule has 5 aromatic carbocycles. The molecule has 0 amide bonds. The number of para-hydroxylation sites is 1. The van der Waals surface area contributed by atoms with Gasteiger partial charge in [0.1, 0.15) is 0 Å². The second-order valence-corrected chi connectivity index (χ2v) is 10.0. The van der Waals surface area contributed by atoms with Crippen molar-refractivity contribution < 1.29 is 0 Å². The highest BCUT2D eigenvalue weighted by atomic mass is 35.5. The van der Waals surface area contributed by atoms with Crippen LogP contribution in [0.1, 0.15) is 11.1 Å². The van der Waals surface area contributed by atoms with Crippen molar-refractivity contribution in [3.63, 3.8) is 0 Å². The maximum Gasteiger partial charge on any atom is 0.226 e. The van der Waals surface area contributed by atoms with Gasteiger partial charge in [0.05, 0.1) is 11.0 Å². The van der Waals surface area contributed by atoms with Crippen LogP contribution in [-0.2, 0) is 0 Å². The molecule has 2 aromatic heterocycles. The summed E-state index contributed by atoms with van der Waals surface area (Å²) in [5.74, 6) is 1.13. The van der Waals surface area contributed by atoms with Crippen molar-refractivity contribution in [2.24, 2.45) is 0 Å². The average Bonchev–Trinajstić information content (AvgIpc) is 3.26. The van der Waals surface area contributed by atoms with Gasteiger partial charge in [-0.25, -0.2) is 4.98 Å². The van der Waals surface area contributed by atoms with Gasteiger partial charge < -0.3 is 4.57 Å². The fraction of sp³-hybridized carbons (Fsp3) is 0.0606. The molecule has 0 radical (unpaired) electrons. The number of halogens is 1. The maximum absolute atomic E-state index is 6.49. The van der Waals surface area contributed by atoms with Crippen molar-refractivity contribution in [1.29, 1.82) is 0 Å². The number of aryl methyl sites for hydroxylation is 2. The van der Waals surface area contributed by atoms with Crippen LogP contribution in [0.25, 0.3) is 61.0 Å². The van der Waals surface area contributed by atoms with Crippen molar-refractivity contribution in [2.45, 2.75) is 13.8 Å². The lowest BCUT2D eigenvalue weighted by atomic mass is 10.0. The summed E-state index contributed by atoms with van der Waals surface area (Å²) in [7, 11) is 0. The molecule has 38 heavy (non-hydrogen) atoms. The topological polar surface area (TPSA) is 43.6 Å². The summed E-state index contributed by atoms with van der Waals surface area (Å²) < 4.78 is 2.31. The van der Waals surface area contributed by atoms with Gasteiger partial charge in [-0.2, -0.15) is 9.97 Å². The van der Waals surface area contributed by atoms with E-state index in [2.05, 4.69) is 132 Å². The average molecular weight is 511 g/mol. The molecule has 0 spiro atoms. The molecule has 4 nitrogen and oxygen atoms in total. The zero-order valence-corrected chi connectivity index (χ0v) is 21.7. The van der Waals surface area contributed by atoms with Crippen LogP contribution in [0.2, 0.25) is 5.28 Å². The Hall–Kier alpha value is -4.54. The van der Waals surface area contributed by atoms with Gasteiger partial charge in [0.15, 0.2) is 11.6 Å². The third-order valence-corrected chi connectivity index (χ3v) is 7.19. The Bertz CT molecular complexity index is 2000. The molecule has 2 heterocycles. The minimum Gasteiger partial charge on any atom is -0.309 e. The van der Waals surface area contributed by atoms with Crippen LogP contribution >= 0.6 is 11.6 Å². The van der Waals surface area contributed by atoms with Gasteiger partial charge in [0.25, 0.3) is 0 Å². The monoisotopic (exact) mass is 510 g/mol. The number of hydrogen-bond donors (Lipinski definition) is 0. The summed E-state index contributed by atoms with van der Waals surface area (Å²) in [5.41, 5.74) is 7.48. The van der Waals surface area contributed by atoms with Crippen LogP contribution in [0.5, 0.6) is 0 Å². The molecular formula is C33H23ClN4. The highest BCUT2D eigenvalue weighted by Gasteiger charge is 2.19. The molecule has 0 fully saturated rings. The highest BCUT2D eigenvalue weighted by Crippen LogP contribution is 2.38. The Labute approximate surface area is 225 Å². The molecule has 0 aliphatic heterocycles. The van der Waals surface area contributed by atoms with E-state index in [1.54, 1.807) is 0 Å². The molecule has 0 bridgehead atoms. The predicted octanol–water partition coefficient (Wildman–Crippen LogP) is 8.73. The lowest BCUT2D eigenvalue weighted by Crippen LogP contribution is -1.98. The Morgan fingerprint density at radius 1 is 0.605 bits per heavy atom. The van der Waals surface area contributed by atoms with E-state index in [0.717, 1.165) is 49.7 Å². The van der Waals surface area contributed by atoms with Crippen molar-refractivity contribution in [2.75, 3.05) is 0 Å². The van der Waals surface area contributed by atoms with E-state index in [1.165, 1.54) is 10.8 Å². The quantitative estimate of drug-likeness (QED) is 0.238. The van der Waals surface area contributed by atoms with Crippen molar-refractivity contribution in [3.05, 3.63) is 120 Å². The first-order valence-corrected chi connectivity index (χ1v) is 12.9. The standard InChI is InChI=1S/C33H23ClN4/c1-20-16-21(2)18-24(17-20)31-35-32(37-33(34)36-31)27-11-7-13-29-30(27)26-10-5-6-12-28(26)38(29)25-15-14-22-8-3-4-9-23(22)19-25/h3-19H,1-2H3. The molecule has 0 atom stereocenters. The second kappa shape index (κ2) is 8.79. The molecule has 7 rings (SSSR count). The number of rotatable bonds is 3. The Morgan fingerprint density at radius 2 is 1.32 bits per heavy atom. The van der Waals surface area contributed by atoms with E-state index in [0.29, 0.717) is 11.6 Å². The van der Waals surface area contributed by atoms with Gasteiger partial charge in [-0.1, -0.05) is 77.9 Å². The molecule has 0 saturated heterocycles. The fourth-order valence-electron chi connectivity index (χ4n) is 5.50. The number of hydrogen-bond acceptors (Lipinski definition) is 3. The number of fused-ring (bicyclic) bond motifs is 4. The molecule has 0 aliphatic carbocycles. The van der Waals surface area contributed by atoms with E-state index in [-0.39, 0.29) is 5.28 Å². The maximum atomic E-state index is 6.49. The normalized spacial score (nSPS) is 11.6. The van der Waals surface area contributed by atoms with Crippen LogP contribution in [0.4, 0.5) is 0 Å². The summed E-state index contributed by atoms with van der Waals surface area (Å²) in [6, 6.07) is 36.1. The van der Waals surface area contributed by atoms with E-state index >= 15 is 0 Å². The minimum atomic E-state index is 0.180. The van der Waals surface area contributed by atoms with Crippen LogP contribution in [0, 0.1) is 13.8 Å². The van der Waals surface area contributed by atoms with E-state index in [1.807, 2.05) is 0 Å². The molecule has 0 unspecified atom stereocenters. The van der Waals surface area contributed by atoms with Crippen molar-refractivity contribution in [3.8, 4) is 28.5 Å². The first-order valence-electron chi connectivity index (χ1n) is 12.6. The Balaban J connectivity index is 1.50. The number of nitrogens with zero attached hydrogens (tertiary/aromatic N) is 4. The van der Waals surface area contributed by atoms with E-state index in [4.69, 9.17) is 16.6 Å². The summed E-state index contributed by atoms with van der Waals surface area (Å²) >= 11 is 6.49. The zero-order valence-electron chi connectivity index (χ0n) is 21.0. The number of aromatic nitrogens is 4. The second-order valence-electron chi connectivity index (χ2n) is 9.71. The van der Waals surface area contributed by atoms with Gasteiger partial charge in [-0.15, -0.1) is 0 Å². The smallest absolute Gasteiger partial charge is 0.226 e. The summed E-state index contributed by atoms with van der Waals surface area (Å²) in [4.78, 5) is 14.0. The van der Waals surface area contributed by atoms with Crippen LogP contribution in [0.3, 0.4) is 0 Å². The van der Waals surface area contributed by atoms with Crippen molar-refractivity contribution in [1.82, 2.24) is 19.5 Å². The van der Waals surface area contributed by atoms with Gasteiger partial charge >= 0.3 is 0 Å². The summed E-state index contributed by atoms with van der Waals surface area (Å²) in [5, 5.41) is 4.82. The first kappa shape index (κ1) is 22.6. The molecule has 7 aromatic rings. The van der Waals surface area contributed by atoms with Crippen LogP contribution < -0.4 is 0 Å². The Kier molecular flexibility index (Phi) is 5.24. The zero-order chi connectivity index (χ0) is 25.8. The highest BCUT2D eigenvalue weighted by molar-refractivity contribution is 6.28. The number of benzene rings is 5. The van der Waals surface area contributed by atoms with Crippen LogP contribution in [0.15, 0.2) is 103 Å². The van der Waals surface area contributed by atoms with Gasteiger partial charge in [0.2, 0.25) is 5.28 Å². The SMILES string of the molecule is Cc1cc(C)cc(-c2nc(Cl)nc(-c3cccc4c3c3ccccc3n4-c3ccc4ccccc4c3)n2)c1. The first-order chi connectivity index (χ1) is 18.5. The largest absolute Gasteiger partial charge is 0.309 e. The lowest BCUT2D eigenvalue weighted by molar-refractivity contribution is 1.07. The molecule has 0 saturated carbocycles. The van der Waals surface area contributed by atoms with E-state index in [9.17, 15) is 0 Å². The predicted molar refractivity (Wildman–Crippen MR) is 157 cm³/mol. The van der Waals surface area contributed by atoms with Crippen molar-refractivity contribution >= 4 is 44.2 Å². The molecule has 182 valence electrons. The molecular weight excluding hydrogens is 488 g/mol. The van der Waals surface area contributed by atoms with Crippen LogP contribution in [-0.4, -0.2) is 19.5 Å². The molecule has 0 N–H and O–H groups in total. The van der Waals surface area contributed by atoms with Gasteiger partial charge in [0, 0.05) is 27.6 Å². The lowest BCUT2D eigenvalue weighted by Gasteiger charge is -2.10. The van der Waals surface area contributed by atoms with E-state index < -0.39 is 0 Å². The molecule has 0 aliphatic rings. The third-order valence-electron chi connectivity index (χ3n) is 7.02. The fourth-order valence-corrected chi connectivity index (χ4v) is 5.66. The Morgan fingerprint density at radius 3 is 2.16 bits per heavy atom.